The van der Waals surface area contributed by atoms with Crippen molar-refractivity contribution in [2.45, 2.75) is 57.7 Å². The van der Waals surface area contributed by atoms with E-state index < -0.39 is 6.04 Å². The van der Waals surface area contributed by atoms with Crippen LogP contribution in [-0.4, -0.2) is 64.4 Å². The molecule has 2 saturated heterocycles. The van der Waals surface area contributed by atoms with Gasteiger partial charge >= 0.3 is 6.03 Å². The van der Waals surface area contributed by atoms with Gasteiger partial charge in [0.2, 0.25) is 5.91 Å². The number of hydrogen-bond donors (Lipinski definition) is 1. The Hall–Kier alpha value is -2.41. The summed E-state index contributed by atoms with van der Waals surface area (Å²) in [5.74, 6) is -0.0674. The van der Waals surface area contributed by atoms with E-state index in [1.165, 1.54) is 10.5 Å². The van der Waals surface area contributed by atoms with Crippen LogP contribution >= 0.6 is 0 Å². The molecule has 2 fully saturated rings. The number of carbonyl (C=O) groups is 3. The van der Waals surface area contributed by atoms with E-state index in [9.17, 15) is 14.4 Å². The Morgan fingerprint density at radius 2 is 1.86 bits per heavy atom. The van der Waals surface area contributed by atoms with Gasteiger partial charge in [-0.25, -0.2) is 9.69 Å². The van der Waals surface area contributed by atoms with Gasteiger partial charge in [-0.1, -0.05) is 37.6 Å². The highest BCUT2D eigenvalue weighted by molar-refractivity contribution is 6.04. The van der Waals surface area contributed by atoms with Gasteiger partial charge in [-0.05, 0) is 36.8 Å². The second kappa shape index (κ2) is 7.91. The molecule has 0 aromatic heterocycles. The first-order valence-electron chi connectivity index (χ1n) is 10.3. The maximum absolute atomic E-state index is 13.2. The Kier molecular flexibility index (Phi) is 5.35. The van der Waals surface area contributed by atoms with Gasteiger partial charge in [0.15, 0.2) is 0 Å². The molecule has 28 heavy (non-hydrogen) atoms. The number of rotatable bonds is 5. The summed E-state index contributed by atoms with van der Waals surface area (Å²) in [6, 6.07) is 6.99. The van der Waals surface area contributed by atoms with E-state index in [-0.39, 0.29) is 30.6 Å². The third-order valence-electron chi connectivity index (χ3n) is 6.06. The van der Waals surface area contributed by atoms with Crippen molar-refractivity contribution >= 4 is 17.8 Å². The first kappa shape index (κ1) is 18.9. The van der Waals surface area contributed by atoms with E-state index in [2.05, 4.69) is 17.4 Å². The van der Waals surface area contributed by atoms with Crippen molar-refractivity contribution in [1.29, 1.82) is 0 Å². The zero-order valence-corrected chi connectivity index (χ0v) is 16.4. The molecule has 1 aromatic carbocycles. The number of nitrogens with zero attached hydrogens (tertiary/aromatic N) is 3. The standard InChI is InChI=1S/C21H28N4O3/c1-2-7-17-19(26)25(21(28)22-17)14-24-13-16-9-4-3-8-15(16)12-18(24)20(27)23-10-5-6-11-23/h3-4,8-9,17-18H,2,5-7,10-14H2,1H3,(H,22,28)/t17-,18-/m1/s1. The lowest BCUT2D eigenvalue weighted by Gasteiger charge is -2.39. The Morgan fingerprint density at radius 1 is 1.14 bits per heavy atom. The molecule has 3 aliphatic rings. The molecule has 0 unspecified atom stereocenters. The molecule has 1 aromatic rings. The number of fused-ring (bicyclic) bond motifs is 1. The van der Waals surface area contributed by atoms with Crippen molar-refractivity contribution < 1.29 is 14.4 Å². The van der Waals surface area contributed by atoms with Crippen LogP contribution in [0, 0.1) is 0 Å². The van der Waals surface area contributed by atoms with Crippen LogP contribution in [0.15, 0.2) is 24.3 Å². The van der Waals surface area contributed by atoms with Gasteiger partial charge in [0.1, 0.15) is 6.04 Å². The Morgan fingerprint density at radius 3 is 2.57 bits per heavy atom. The summed E-state index contributed by atoms with van der Waals surface area (Å²) in [6.07, 6.45) is 4.17. The van der Waals surface area contributed by atoms with Crippen LogP contribution < -0.4 is 5.32 Å². The molecule has 3 aliphatic heterocycles. The maximum atomic E-state index is 13.2. The molecule has 0 aliphatic carbocycles. The molecule has 150 valence electrons. The molecule has 0 spiro atoms. The van der Waals surface area contributed by atoms with Gasteiger partial charge in [-0.3, -0.25) is 14.5 Å². The predicted octanol–water partition coefficient (Wildman–Crippen LogP) is 1.71. The molecule has 4 amide bonds. The summed E-state index contributed by atoms with van der Waals surface area (Å²) in [5, 5.41) is 2.78. The SMILES string of the molecule is CCC[C@H]1NC(=O)N(CN2Cc3ccccc3C[C@@H]2C(=O)N2CCCC2)C1=O. The number of imide groups is 1. The molecule has 1 N–H and O–H groups in total. The van der Waals surface area contributed by atoms with Crippen molar-refractivity contribution in [3.63, 3.8) is 0 Å². The average Bonchev–Trinajstić information content (AvgIpc) is 3.32. The minimum Gasteiger partial charge on any atom is -0.341 e. The van der Waals surface area contributed by atoms with E-state index in [1.807, 2.05) is 28.9 Å². The molecule has 0 saturated carbocycles. The van der Waals surface area contributed by atoms with Crippen LogP contribution in [0.4, 0.5) is 4.79 Å². The molecule has 0 radical (unpaired) electrons. The van der Waals surface area contributed by atoms with Crippen LogP contribution in [0.3, 0.4) is 0 Å². The van der Waals surface area contributed by atoms with Gasteiger partial charge in [0.05, 0.1) is 12.7 Å². The summed E-state index contributed by atoms with van der Waals surface area (Å²) in [4.78, 5) is 43.5. The van der Waals surface area contributed by atoms with E-state index in [4.69, 9.17) is 0 Å². The molecule has 7 nitrogen and oxygen atoms in total. The fourth-order valence-corrected chi connectivity index (χ4v) is 4.49. The molecular formula is C21H28N4O3. The number of hydrogen-bond acceptors (Lipinski definition) is 4. The third kappa shape index (κ3) is 3.51. The summed E-state index contributed by atoms with van der Waals surface area (Å²) >= 11 is 0. The lowest BCUT2D eigenvalue weighted by molar-refractivity contribution is -0.139. The van der Waals surface area contributed by atoms with Crippen LogP contribution in [0.25, 0.3) is 0 Å². The topological polar surface area (TPSA) is 73.0 Å². The van der Waals surface area contributed by atoms with Crippen molar-refractivity contribution in [2.75, 3.05) is 19.8 Å². The van der Waals surface area contributed by atoms with Gasteiger partial charge in [0.25, 0.3) is 5.91 Å². The highest BCUT2D eigenvalue weighted by atomic mass is 16.2. The van der Waals surface area contributed by atoms with Crippen molar-refractivity contribution in [3.05, 3.63) is 35.4 Å². The second-order valence-electron chi connectivity index (χ2n) is 7.97. The summed E-state index contributed by atoms with van der Waals surface area (Å²) in [5.41, 5.74) is 2.34. The van der Waals surface area contributed by atoms with Crippen molar-refractivity contribution in [1.82, 2.24) is 20.0 Å². The minimum absolute atomic E-state index is 0.115. The number of amides is 4. The zero-order chi connectivity index (χ0) is 19.7. The van der Waals surface area contributed by atoms with Gasteiger partial charge in [-0.15, -0.1) is 0 Å². The Balaban J connectivity index is 1.56. The van der Waals surface area contributed by atoms with E-state index in [0.717, 1.165) is 37.9 Å². The molecule has 3 heterocycles. The molecule has 2 atom stereocenters. The number of carbonyl (C=O) groups excluding carboxylic acids is 3. The van der Waals surface area contributed by atoms with Crippen molar-refractivity contribution in [3.8, 4) is 0 Å². The maximum Gasteiger partial charge on any atom is 0.325 e. The largest absolute Gasteiger partial charge is 0.341 e. The normalized spacial score (nSPS) is 25.2. The van der Waals surface area contributed by atoms with Gasteiger partial charge in [0, 0.05) is 19.6 Å². The van der Waals surface area contributed by atoms with Crippen LogP contribution in [0.5, 0.6) is 0 Å². The first-order chi connectivity index (χ1) is 13.6. The van der Waals surface area contributed by atoms with E-state index >= 15 is 0 Å². The lowest BCUT2D eigenvalue weighted by Crippen LogP contribution is -2.55. The first-order valence-corrected chi connectivity index (χ1v) is 10.3. The fraction of sp³-hybridized carbons (Fsp3) is 0.571. The molecule has 4 rings (SSSR count). The highest BCUT2D eigenvalue weighted by Crippen LogP contribution is 2.26. The quantitative estimate of drug-likeness (QED) is 0.785. The molecule has 7 heteroatoms. The Labute approximate surface area is 165 Å². The molecule has 0 bridgehead atoms. The smallest absolute Gasteiger partial charge is 0.325 e. The number of benzene rings is 1. The lowest BCUT2D eigenvalue weighted by atomic mass is 9.93. The highest BCUT2D eigenvalue weighted by Gasteiger charge is 2.42. The summed E-state index contributed by atoms with van der Waals surface area (Å²) in [7, 11) is 0. The monoisotopic (exact) mass is 384 g/mol. The number of urea groups is 1. The minimum atomic E-state index is -0.442. The number of nitrogens with one attached hydrogen (secondary N) is 1. The van der Waals surface area contributed by atoms with E-state index in [0.29, 0.717) is 19.4 Å². The second-order valence-corrected chi connectivity index (χ2v) is 7.97. The summed E-state index contributed by atoms with van der Waals surface area (Å²) in [6.45, 7) is 4.31. The molecular weight excluding hydrogens is 356 g/mol. The Bertz CT molecular complexity index is 775. The fourth-order valence-electron chi connectivity index (χ4n) is 4.49. The number of likely N-dealkylation sites (tertiary alicyclic amines) is 1. The van der Waals surface area contributed by atoms with Gasteiger partial charge in [-0.2, -0.15) is 0 Å². The van der Waals surface area contributed by atoms with Crippen LogP contribution in [0.2, 0.25) is 0 Å². The van der Waals surface area contributed by atoms with Crippen molar-refractivity contribution in [2.24, 2.45) is 0 Å². The van der Waals surface area contributed by atoms with Gasteiger partial charge < -0.3 is 10.2 Å². The average molecular weight is 384 g/mol. The predicted molar refractivity (Wildman–Crippen MR) is 104 cm³/mol. The van der Waals surface area contributed by atoms with Crippen LogP contribution in [0.1, 0.15) is 43.7 Å². The third-order valence-corrected chi connectivity index (χ3v) is 6.06. The van der Waals surface area contributed by atoms with Crippen LogP contribution in [-0.2, 0) is 22.6 Å². The zero-order valence-electron chi connectivity index (χ0n) is 16.4. The van der Waals surface area contributed by atoms with E-state index in [1.54, 1.807) is 0 Å². The summed E-state index contributed by atoms with van der Waals surface area (Å²) < 4.78 is 0.